The number of nitrogens with one attached hydrogen (secondary N) is 1. The first-order valence-corrected chi connectivity index (χ1v) is 6.91. The van der Waals surface area contributed by atoms with E-state index in [1.54, 1.807) is 11.3 Å². The van der Waals surface area contributed by atoms with Crippen molar-refractivity contribution in [1.29, 1.82) is 0 Å². The van der Waals surface area contributed by atoms with Gasteiger partial charge in [-0.25, -0.2) is 4.98 Å². The van der Waals surface area contributed by atoms with Crippen LogP contribution in [0, 0.1) is 13.8 Å². The molecule has 96 valence electrons. The smallest absolute Gasteiger partial charge is 0.162 e. The van der Waals surface area contributed by atoms with E-state index in [9.17, 15) is 0 Å². The lowest BCUT2D eigenvalue weighted by Crippen LogP contribution is -2.34. The summed E-state index contributed by atoms with van der Waals surface area (Å²) >= 11 is 1.69. The Balaban J connectivity index is 1.90. The van der Waals surface area contributed by atoms with Crippen LogP contribution in [0.15, 0.2) is 16.5 Å². The van der Waals surface area contributed by atoms with E-state index in [-0.39, 0.29) is 6.04 Å². The molecular weight excluding hydrogens is 248 g/mol. The fourth-order valence-electron chi connectivity index (χ4n) is 2.12. The molecule has 1 atom stereocenters. The summed E-state index contributed by atoms with van der Waals surface area (Å²) < 4.78 is 11.1. The predicted molar refractivity (Wildman–Crippen MR) is 70.9 cm³/mol. The Morgan fingerprint density at radius 2 is 2.28 bits per heavy atom. The molecule has 4 nitrogen and oxygen atoms in total. The van der Waals surface area contributed by atoms with Gasteiger partial charge in [0.2, 0.25) is 0 Å². The second kappa shape index (κ2) is 4.84. The molecule has 0 aromatic carbocycles. The number of ether oxygens (including phenoxy) is 1. The van der Waals surface area contributed by atoms with Crippen LogP contribution in [-0.2, 0) is 4.74 Å². The Kier molecular flexibility index (Phi) is 3.20. The van der Waals surface area contributed by atoms with Crippen LogP contribution in [0.3, 0.4) is 0 Å². The molecule has 0 spiro atoms. The average molecular weight is 264 g/mol. The highest BCUT2D eigenvalue weighted by molar-refractivity contribution is 7.15. The average Bonchev–Trinajstić information content (AvgIpc) is 2.97. The minimum Gasteiger partial charge on any atom is -0.459 e. The van der Waals surface area contributed by atoms with Crippen LogP contribution in [0.5, 0.6) is 0 Å². The third-order valence-corrected chi connectivity index (χ3v) is 4.31. The van der Waals surface area contributed by atoms with Crippen molar-refractivity contribution in [2.45, 2.75) is 19.9 Å². The highest BCUT2D eigenvalue weighted by atomic mass is 32.1. The van der Waals surface area contributed by atoms with Crippen molar-refractivity contribution in [2.75, 3.05) is 19.8 Å². The number of aromatic nitrogens is 1. The number of nitrogens with zero attached hydrogens (tertiary/aromatic N) is 1. The number of thiazole rings is 1. The summed E-state index contributed by atoms with van der Waals surface area (Å²) in [5.74, 6) is 1.77. The van der Waals surface area contributed by atoms with Gasteiger partial charge in [0.1, 0.15) is 5.76 Å². The number of aryl methyl sites for hydroxylation is 2. The van der Waals surface area contributed by atoms with E-state index < -0.39 is 0 Å². The molecule has 5 heteroatoms. The standard InChI is InChI=1S/C13H16N2O2S/c1-8-3-4-11(17-8)13-15-9(2)12(18-13)10-7-16-6-5-14-10/h3-4,10,14H,5-7H2,1-2H3. The fraction of sp³-hybridized carbons (Fsp3) is 0.462. The van der Waals surface area contributed by atoms with Gasteiger partial charge in [0, 0.05) is 11.4 Å². The second-order valence-corrected chi connectivity index (χ2v) is 5.49. The Hall–Kier alpha value is -1.17. The molecule has 2 aromatic rings. The van der Waals surface area contributed by atoms with E-state index in [2.05, 4.69) is 10.3 Å². The molecule has 1 unspecified atom stereocenters. The van der Waals surface area contributed by atoms with Crippen LogP contribution in [0.4, 0.5) is 0 Å². The number of furan rings is 1. The van der Waals surface area contributed by atoms with Crippen molar-refractivity contribution in [1.82, 2.24) is 10.3 Å². The molecule has 3 heterocycles. The summed E-state index contributed by atoms with van der Waals surface area (Å²) in [5, 5.41) is 4.41. The van der Waals surface area contributed by atoms with Crippen molar-refractivity contribution in [3.05, 3.63) is 28.5 Å². The van der Waals surface area contributed by atoms with E-state index in [1.807, 2.05) is 26.0 Å². The fourth-order valence-corrected chi connectivity index (χ4v) is 3.21. The number of morpholine rings is 1. The zero-order valence-corrected chi connectivity index (χ0v) is 11.3. The van der Waals surface area contributed by atoms with Crippen molar-refractivity contribution in [3.8, 4) is 10.8 Å². The SMILES string of the molecule is Cc1ccc(-c2nc(C)c(C3COCCN3)s2)o1. The first-order chi connectivity index (χ1) is 8.74. The lowest BCUT2D eigenvalue weighted by atomic mass is 10.2. The maximum Gasteiger partial charge on any atom is 0.162 e. The van der Waals surface area contributed by atoms with E-state index in [4.69, 9.17) is 9.15 Å². The summed E-state index contributed by atoms with van der Waals surface area (Å²) in [4.78, 5) is 5.85. The van der Waals surface area contributed by atoms with Crippen molar-refractivity contribution < 1.29 is 9.15 Å². The van der Waals surface area contributed by atoms with E-state index in [0.29, 0.717) is 0 Å². The summed E-state index contributed by atoms with van der Waals surface area (Å²) in [7, 11) is 0. The quantitative estimate of drug-likeness (QED) is 0.906. The molecule has 2 aromatic heterocycles. The van der Waals surface area contributed by atoms with Crippen LogP contribution in [0.1, 0.15) is 22.4 Å². The third kappa shape index (κ3) is 2.21. The minimum absolute atomic E-state index is 0.265. The van der Waals surface area contributed by atoms with Gasteiger partial charge in [0.25, 0.3) is 0 Å². The van der Waals surface area contributed by atoms with Crippen LogP contribution in [0.25, 0.3) is 10.8 Å². The Morgan fingerprint density at radius 1 is 1.39 bits per heavy atom. The van der Waals surface area contributed by atoms with Gasteiger partial charge < -0.3 is 14.5 Å². The van der Waals surface area contributed by atoms with E-state index in [1.165, 1.54) is 4.88 Å². The number of hydrogen-bond acceptors (Lipinski definition) is 5. The van der Waals surface area contributed by atoms with Crippen LogP contribution in [-0.4, -0.2) is 24.7 Å². The predicted octanol–water partition coefficient (Wildman–Crippen LogP) is 2.68. The van der Waals surface area contributed by atoms with Crippen LogP contribution in [0.2, 0.25) is 0 Å². The number of rotatable bonds is 2. The van der Waals surface area contributed by atoms with Crippen molar-refractivity contribution >= 4 is 11.3 Å². The molecule has 0 radical (unpaired) electrons. The lowest BCUT2D eigenvalue weighted by molar-refractivity contribution is 0.0777. The normalized spacial score (nSPS) is 20.2. The van der Waals surface area contributed by atoms with Gasteiger partial charge >= 0.3 is 0 Å². The van der Waals surface area contributed by atoms with Gasteiger partial charge in [-0.1, -0.05) is 0 Å². The van der Waals surface area contributed by atoms with Gasteiger partial charge in [0.05, 0.1) is 24.9 Å². The molecule has 1 aliphatic heterocycles. The van der Waals surface area contributed by atoms with Gasteiger partial charge in [-0.15, -0.1) is 11.3 Å². The molecule has 3 rings (SSSR count). The van der Waals surface area contributed by atoms with Crippen LogP contribution < -0.4 is 5.32 Å². The first-order valence-electron chi connectivity index (χ1n) is 6.09. The van der Waals surface area contributed by atoms with Crippen LogP contribution >= 0.6 is 11.3 Å². The van der Waals surface area contributed by atoms with E-state index in [0.717, 1.165) is 42.0 Å². The highest BCUT2D eigenvalue weighted by Gasteiger charge is 2.22. The molecule has 1 fully saturated rings. The topological polar surface area (TPSA) is 47.3 Å². The largest absolute Gasteiger partial charge is 0.459 e. The summed E-state index contributed by atoms with van der Waals surface area (Å²) in [6.45, 7) is 6.40. The molecule has 18 heavy (non-hydrogen) atoms. The Bertz CT molecular complexity index is 541. The van der Waals surface area contributed by atoms with Gasteiger partial charge in [-0.05, 0) is 26.0 Å². The molecule has 0 amide bonds. The molecule has 1 saturated heterocycles. The number of hydrogen-bond donors (Lipinski definition) is 1. The van der Waals surface area contributed by atoms with E-state index >= 15 is 0 Å². The highest BCUT2D eigenvalue weighted by Crippen LogP contribution is 2.33. The molecule has 1 N–H and O–H groups in total. The minimum atomic E-state index is 0.265. The lowest BCUT2D eigenvalue weighted by Gasteiger charge is -2.22. The summed E-state index contributed by atoms with van der Waals surface area (Å²) in [6, 6.07) is 4.21. The van der Waals surface area contributed by atoms with Crippen molar-refractivity contribution in [2.24, 2.45) is 0 Å². The molecule has 1 aliphatic rings. The Morgan fingerprint density at radius 3 is 2.94 bits per heavy atom. The second-order valence-electron chi connectivity index (χ2n) is 4.46. The van der Waals surface area contributed by atoms with Crippen molar-refractivity contribution in [3.63, 3.8) is 0 Å². The zero-order valence-electron chi connectivity index (χ0n) is 10.5. The zero-order chi connectivity index (χ0) is 12.5. The van der Waals surface area contributed by atoms with Gasteiger partial charge in [-0.2, -0.15) is 0 Å². The molecular formula is C13H16N2O2S. The third-order valence-electron chi connectivity index (χ3n) is 3.02. The maximum atomic E-state index is 5.62. The van der Waals surface area contributed by atoms with Gasteiger partial charge in [0.15, 0.2) is 10.8 Å². The first kappa shape index (κ1) is 11.9. The summed E-state index contributed by atoms with van der Waals surface area (Å²) in [5.41, 5.74) is 1.06. The Labute approximate surface area is 110 Å². The molecule has 0 aliphatic carbocycles. The molecule has 0 saturated carbocycles. The monoisotopic (exact) mass is 264 g/mol. The maximum absolute atomic E-state index is 5.62. The van der Waals surface area contributed by atoms with Gasteiger partial charge in [-0.3, -0.25) is 0 Å². The summed E-state index contributed by atoms with van der Waals surface area (Å²) in [6.07, 6.45) is 0. The molecule has 0 bridgehead atoms.